The molecule has 0 saturated carbocycles. The minimum Gasteiger partial charge on any atom is -0.282 e. The quantitative estimate of drug-likeness (QED) is 0.516. The van der Waals surface area contributed by atoms with E-state index in [0.717, 1.165) is 13.1 Å². The lowest BCUT2D eigenvalue weighted by Gasteiger charge is -2.17. The van der Waals surface area contributed by atoms with Gasteiger partial charge in [-0.2, -0.15) is 3.71 Å². The SMILES string of the molecule is CSN(CCN[SH](C)C)SC. The summed E-state index contributed by atoms with van der Waals surface area (Å²) in [5.74, 6) is 0. The molecule has 0 amide bonds. The summed E-state index contributed by atoms with van der Waals surface area (Å²) < 4.78 is 5.71. The second kappa shape index (κ2) is 7.61. The summed E-state index contributed by atoms with van der Waals surface area (Å²) in [6, 6.07) is 0. The molecule has 0 fully saturated rings. The second-order valence-corrected chi connectivity index (χ2v) is 6.17. The fourth-order valence-corrected chi connectivity index (χ4v) is 2.31. The van der Waals surface area contributed by atoms with Crippen molar-refractivity contribution in [3.05, 3.63) is 0 Å². The highest BCUT2D eigenvalue weighted by molar-refractivity contribution is 8.14. The van der Waals surface area contributed by atoms with Crippen LogP contribution in [-0.4, -0.2) is 41.8 Å². The van der Waals surface area contributed by atoms with Crippen LogP contribution in [0.2, 0.25) is 0 Å². The van der Waals surface area contributed by atoms with Gasteiger partial charge < -0.3 is 0 Å². The van der Waals surface area contributed by atoms with E-state index in [-0.39, 0.29) is 11.1 Å². The van der Waals surface area contributed by atoms with E-state index in [1.54, 1.807) is 23.9 Å². The summed E-state index contributed by atoms with van der Waals surface area (Å²) in [6.07, 6.45) is 8.68. The molecule has 0 atom stereocenters. The molecule has 5 heteroatoms. The highest BCUT2D eigenvalue weighted by Crippen LogP contribution is 2.15. The molecule has 0 radical (unpaired) electrons. The predicted molar refractivity (Wildman–Crippen MR) is 62.6 cm³/mol. The third-order valence-electron chi connectivity index (χ3n) is 1.13. The van der Waals surface area contributed by atoms with Gasteiger partial charge in [0.1, 0.15) is 0 Å². The van der Waals surface area contributed by atoms with Gasteiger partial charge in [0, 0.05) is 13.1 Å². The van der Waals surface area contributed by atoms with Crippen molar-refractivity contribution >= 4 is 35.0 Å². The van der Waals surface area contributed by atoms with Gasteiger partial charge in [-0.25, -0.2) is 11.1 Å². The third kappa shape index (κ3) is 7.33. The highest BCUT2D eigenvalue weighted by atomic mass is 32.2. The zero-order valence-electron chi connectivity index (χ0n) is 7.63. The van der Waals surface area contributed by atoms with Crippen LogP contribution < -0.4 is 4.72 Å². The molecule has 1 N–H and O–H groups in total. The molecule has 0 aromatic rings. The maximum Gasteiger partial charge on any atom is 0.0336 e. The van der Waals surface area contributed by atoms with Crippen LogP contribution in [-0.2, 0) is 0 Å². The van der Waals surface area contributed by atoms with Crippen molar-refractivity contribution < 1.29 is 0 Å². The van der Waals surface area contributed by atoms with Crippen LogP contribution in [0.4, 0.5) is 0 Å². The van der Waals surface area contributed by atoms with Crippen LogP contribution in [0, 0.1) is 0 Å². The van der Waals surface area contributed by atoms with Crippen LogP contribution in [0.1, 0.15) is 0 Å². The molecular weight excluding hydrogens is 196 g/mol. The topological polar surface area (TPSA) is 15.3 Å². The first kappa shape index (κ1) is 12.0. The van der Waals surface area contributed by atoms with E-state index in [0.29, 0.717) is 0 Å². The first-order valence-corrected chi connectivity index (χ1v) is 8.07. The Kier molecular flexibility index (Phi) is 8.28. The van der Waals surface area contributed by atoms with Crippen molar-refractivity contribution in [1.29, 1.82) is 0 Å². The third-order valence-corrected chi connectivity index (χ3v) is 4.06. The lowest BCUT2D eigenvalue weighted by atomic mass is 10.7. The molecule has 70 valence electrons. The minimum absolute atomic E-state index is 0.0637. The minimum atomic E-state index is 0.0637. The largest absolute Gasteiger partial charge is 0.282 e. The predicted octanol–water partition coefficient (Wildman–Crippen LogP) is 1.61. The maximum atomic E-state index is 3.44. The van der Waals surface area contributed by atoms with Crippen molar-refractivity contribution in [3.8, 4) is 0 Å². The van der Waals surface area contributed by atoms with Crippen LogP contribution in [0.15, 0.2) is 0 Å². The van der Waals surface area contributed by atoms with E-state index >= 15 is 0 Å². The van der Waals surface area contributed by atoms with Gasteiger partial charge in [-0.15, -0.1) is 0 Å². The molecule has 0 rings (SSSR count). The number of rotatable bonds is 6. The molecular formula is C6H18N2S3. The summed E-state index contributed by atoms with van der Waals surface area (Å²) in [4.78, 5) is 0. The zero-order valence-corrected chi connectivity index (χ0v) is 10.2. The standard InChI is InChI=1S/C6H18N2S3/c1-9-8(10-2)6-5-7-11(3)4/h7,11H,5-6H2,1-4H3. The molecule has 0 unspecified atom stereocenters. The fraction of sp³-hybridized carbons (Fsp3) is 1.00. The van der Waals surface area contributed by atoms with Gasteiger partial charge in [0.15, 0.2) is 0 Å². The molecule has 0 aliphatic carbocycles. The van der Waals surface area contributed by atoms with Gasteiger partial charge in [0.25, 0.3) is 0 Å². The molecule has 0 spiro atoms. The molecule has 11 heavy (non-hydrogen) atoms. The summed E-state index contributed by atoms with van der Waals surface area (Å²) in [5, 5.41) is 0. The van der Waals surface area contributed by atoms with Gasteiger partial charge in [-0.05, 0) is 25.0 Å². The van der Waals surface area contributed by atoms with E-state index in [1.165, 1.54) is 0 Å². The Balaban J connectivity index is 3.21. The van der Waals surface area contributed by atoms with Crippen LogP contribution in [0.3, 0.4) is 0 Å². The first-order valence-electron chi connectivity index (χ1n) is 3.47. The van der Waals surface area contributed by atoms with E-state index < -0.39 is 0 Å². The average Bonchev–Trinajstić information content (AvgIpc) is 1.98. The van der Waals surface area contributed by atoms with Crippen LogP contribution in [0.25, 0.3) is 0 Å². The van der Waals surface area contributed by atoms with E-state index in [1.807, 2.05) is 0 Å². The lowest BCUT2D eigenvalue weighted by molar-refractivity contribution is 0.719. The van der Waals surface area contributed by atoms with Crippen molar-refractivity contribution in [2.45, 2.75) is 0 Å². The molecule has 0 aliphatic heterocycles. The maximum absolute atomic E-state index is 3.44. The fourth-order valence-electron chi connectivity index (χ4n) is 0.622. The van der Waals surface area contributed by atoms with Crippen LogP contribution >= 0.6 is 35.0 Å². The lowest BCUT2D eigenvalue weighted by Crippen LogP contribution is -2.21. The molecule has 0 aliphatic rings. The Morgan fingerprint density at radius 1 is 1.27 bits per heavy atom. The van der Waals surface area contributed by atoms with Gasteiger partial charge in [-0.1, -0.05) is 23.9 Å². The molecule has 0 aromatic heterocycles. The summed E-state index contributed by atoms with van der Waals surface area (Å²) >= 11 is 3.63. The molecule has 0 heterocycles. The van der Waals surface area contributed by atoms with Crippen molar-refractivity contribution in [3.63, 3.8) is 0 Å². The zero-order chi connectivity index (χ0) is 8.69. The molecule has 2 nitrogen and oxygen atoms in total. The van der Waals surface area contributed by atoms with Gasteiger partial charge in [0.05, 0.1) is 0 Å². The Bertz CT molecular complexity index is 85.9. The van der Waals surface area contributed by atoms with Crippen molar-refractivity contribution in [1.82, 2.24) is 8.43 Å². The number of hydrogen-bond donors (Lipinski definition) is 2. The first-order chi connectivity index (χ1) is 5.20. The number of hydrogen-bond acceptors (Lipinski definition) is 4. The van der Waals surface area contributed by atoms with Gasteiger partial charge >= 0.3 is 0 Å². The Hall–Kier alpha value is 0.970. The number of thiol groups is 1. The smallest absolute Gasteiger partial charge is 0.0336 e. The number of nitrogens with one attached hydrogen (secondary N) is 1. The molecule has 0 bridgehead atoms. The van der Waals surface area contributed by atoms with E-state index in [4.69, 9.17) is 0 Å². The van der Waals surface area contributed by atoms with Gasteiger partial charge in [0.2, 0.25) is 0 Å². The Labute approximate surface area is 81.6 Å². The second-order valence-electron chi connectivity index (χ2n) is 2.22. The van der Waals surface area contributed by atoms with Crippen LogP contribution in [0.5, 0.6) is 0 Å². The molecule has 0 aromatic carbocycles. The summed E-state index contributed by atoms with van der Waals surface area (Å²) in [6.45, 7) is 2.21. The normalized spacial score (nSPS) is 12.3. The number of nitrogens with zero attached hydrogens (tertiary/aromatic N) is 1. The monoisotopic (exact) mass is 214 g/mol. The average molecular weight is 214 g/mol. The van der Waals surface area contributed by atoms with E-state index in [2.05, 4.69) is 33.5 Å². The summed E-state index contributed by atoms with van der Waals surface area (Å²) in [7, 11) is 0. The van der Waals surface area contributed by atoms with Gasteiger partial charge in [-0.3, -0.25) is 4.72 Å². The summed E-state index contributed by atoms with van der Waals surface area (Å²) in [5.41, 5.74) is 0. The Morgan fingerprint density at radius 2 is 1.82 bits per heavy atom. The molecule has 0 saturated heterocycles. The Morgan fingerprint density at radius 3 is 2.18 bits per heavy atom. The van der Waals surface area contributed by atoms with E-state index in [9.17, 15) is 0 Å². The highest BCUT2D eigenvalue weighted by Gasteiger charge is 1.98. The van der Waals surface area contributed by atoms with Crippen molar-refractivity contribution in [2.24, 2.45) is 0 Å². The van der Waals surface area contributed by atoms with Crippen molar-refractivity contribution in [2.75, 3.05) is 38.1 Å².